The summed E-state index contributed by atoms with van der Waals surface area (Å²) in [5.74, 6) is -0.566. The van der Waals surface area contributed by atoms with Gasteiger partial charge in [-0.15, -0.1) is 0 Å². The summed E-state index contributed by atoms with van der Waals surface area (Å²) in [5.41, 5.74) is -0.963. The Kier molecular flexibility index (Phi) is 5.85. The molecule has 0 aromatic carbocycles. The number of aliphatic carboxylic acids is 1. The molecule has 26 heavy (non-hydrogen) atoms. The topological polar surface area (TPSA) is 113 Å². The second-order valence-corrected chi connectivity index (χ2v) is 8.08. The van der Waals surface area contributed by atoms with E-state index in [4.69, 9.17) is 0 Å². The van der Waals surface area contributed by atoms with Crippen molar-refractivity contribution in [2.45, 2.75) is 56.7 Å². The van der Waals surface area contributed by atoms with Gasteiger partial charge >= 0.3 is 5.97 Å². The first-order valence-corrected chi connectivity index (χ1v) is 10.1. The number of nitrogens with zero attached hydrogens (tertiary/aromatic N) is 2. The molecule has 2 amide bonds. The van der Waals surface area contributed by atoms with Crippen molar-refractivity contribution in [2.75, 3.05) is 11.5 Å². The molecule has 1 saturated carbocycles. The van der Waals surface area contributed by atoms with Gasteiger partial charge in [0.2, 0.25) is 5.91 Å². The van der Waals surface area contributed by atoms with Crippen molar-refractivity contribution >= 4 is 29.5 Å². The van der Waals surface area contributed by atoms with E-state index in [0.29, 0.717) is 17.9 Å². The van der Waals surface area contributed by atoms with E-state index in [1.54, 1.807) is 0 Å². The van der Waals surface area contributed by atoms with Crippen LogP contribution >= 0.6 is 11.8 Å². The smallest absolute Gasteiger partial charge is 0.330 e. The Morgan fingerprint density at radius 3 is 2.73 bits per heavy atom. The van der Waals surface area contributed by atoms with E-state index < -0.39 is 17.4 Å². The molecule has 3 N–H and O–H groups in total. The fourth-order valence-electron chi connectivity index (χ4n) is 3.41. The first-order valence-electron chi connectivity index (χ1n) is 8.94. The summed E-state index contributed by atoms with van der Waals surface area (Å²) in [4.78, 5) is 36.0. The Labute approximate surface area is 156 Å². The molecule has 142 valence electrons. The second kappa shape index (κ2) is 8.11. The number of aromatic nitrogens is 2. The molecule has 2 fully saturated rings. The van der Waals surface area contributed by atoms with Crippen LogP contribution in [0.3, 0.4) is 0 Å². The van der Waals surface area contributed by atoms with Crippen molar-refractivity contribution in [1.82, 2.24) is 20.4 Å². The highest BCUT2D eigenvalue weighted by Crippen LogP contribution is 2.28. The maximum atomic E-state index is 12.4. The molecule has 0 radical (unpaired) electrons. The molecule has 1 atom stereocenters. The summed E-state index contributed by atoms with van der Waals surface area (Å²) in [6.45, 7) is 0.0453. The summed E-state index contributed by atoms with van der Waals surface area (Å²) in [7, 11) is 0. The summed E-state index contributed by atoms with van der Waals surface area (Å²) < 4.78 is 1.41. The molecule has 0 spiro atoms. The third-order valence-electron chi connectivity index (χ3n) is 4.96. The minimum Gasteiger partial charge on any atom is -0.479 e. The van der Waals surface area contributed by atoms with Crippen LogP contribution < -0.4 is 10.6 Å². The van der Waals surface area contributed by atoms with Crippen LogP contribution in [-0.4, -0.2) is 55.8 Å². The van der Waals surface area contributed by atoms with Crippen molar-refractivity contribution in [1.29, 1.82) is 0 Å². The van der Waals surface area contributed by atoms with Crippen LogP contribution in [0.25, 0.3) is 0 Å². The summed E-state index contributed by atoms with van der Waals surface area (Å²) in [6.07, 6.45) is 8.76. The van der Waals surface area contributed by atoms with E-state index in [1.165, 1.54) is 35.3 Å². The average Bonchev–Trinajstić information content (AvgIpc) is 3.26. The van der Waals surface area contributed by atoms with Crippen LogP contribution in [-0.2, 0) is 16.1 Å². The number of rotatable bonds is 6. The van der Waals surface area contributed by atoms with E-state index in [9.17, 15) is 19.5 Å². The third kappa shape index (κ3) is 4.38. The zero-order valence-corrected chi connectivity index (χ0v) is 15.4. The summed E-state index contributed by atoms with van der Waals surface area (Å²) >= 11 is 1.51. The van der Waals surface area contributed by atoms with Crippen LogP contribution in [0, 0.1) is 0 Å². The summed E-state index contributed by atoms with van der Waals surface area (Å²) in [6, 6.07) is 0.227. The first kappa shape index (κ1) is 18.8. The lowest BCUT2D eigenvalue weighted by Gasteiger charge is -2.24. The molecule has 3 rings (SSSR count). The van der Waals surface area contributed by atoms with Crippen molar-refractivity contribution in [3.05, 3.63) is 18.0 Å². The largest absolute Gasteiger partial charge is 0.479 e. The minimum absolute atomic E-state index is 0.0453. The van der Waals surface area contributed by atoms with E-state index in [0.717, 1.165) is 25.7 Å². The Hall–Kier alpha value is -2.03. The Morgan fingerprint density at radius 2 is 2.08 bits per heavy atom. The number of nitrogens with one attached hydrogen (secondary N) is 2. The van der Waals surface area contributed by atoms with Crippen molar-refractivity contribution < 1.29 is 19.5 Å². The monoisotopic (exact) mass is 380 g/mol. The molecule has 8 nitrogen and oxygen atoms in total. The van der Waals surface area contributed by atoms with Gasteiger partial charge < -0.3 is 15.7 Å². The van der Waals surface area contributed by atoms with Gasteiger partial charge in [0.1, 0.15) is 12.1 Å². The quantitative estimate of drug-likeness (QED) is 0.679. The predicted octanol–water partition coefficient (Wildman–Crippen LogP) is 1.02. The molecule has 1 unspecified atom stereocenters. The van der Waals surface area contributed by atoms with Gasteiger partial charge in [-0.1, -0.05) is 19.3 Å². The molecule has 1 aromatic heterocycles. The molecule has 2 aliphatic rings. The fourth-order valence-corrected chi connectivity index (χ4v) is 4.74. The second-order valence-electron chi connectivity index (χ2n) is 6.97. The molecule has 1 aromatic rings. The normalized spacial score (nSPS) is 23.5. The van der Waals surface area contributed by atoms with Gasteiger partial charge in [-0.3, -0.25) is 14.3 Å². The number of carbonyl (C=O) groups excluding carboxylic acids is 2. The molecule has 2 heterocycles. The lowest BCUT2D eigenvalue weighted by Crippen LogP contribution is -2.54. The number of thioether (sulfide) groups is 1. The van der Waals surface area contributed by atoms with Gasteiger partial charge in [-0.05, 0) is 25.0 Å². The van der Waals surface area contributed by atoms with E-state index in [1.807, 2.05) is 0 Å². The molecular weight excluding hydrogens is 356 g/mol. The zero-order valence-electron chi connectivity index (χ0n) is 14.6. The van der Waals surface area contributed by atoms with Crippen molar-refractivity contribution in [3.8, 4) is 0 Å². The number of hydrogen-bond acceptors (Lipinski definition) is 5. The Balaban J connectivity index is 1.55. The molecule has 1 saturated heterocycles. The lowest BCUT2D eigenvalue weighted by molar-refractivity contribution is -0.143. The van der Waals surface area contributed by atoms with E-state index in [-0.39, 0.29) is 24.1 Å². The maximum Gasteiger partial charge on any atom is 0.330 e. The van der Waals surface area contributed by atoms with Gasteiger partial charge in [-0.2, -0.15) is 16.9 Å². The zero-order chi connectivity index (χ0) is 18.6. The van der Waals surface area contributed by atoms with Crippen LogP contribution in [0.5, 0.6) is 0 Å². The minimum atomic E-state index is -1.22. The number of amides is 2. The number of carboxylic acids is 1. The maximum absolute atomic E-state index is 12.4. The highest BCUT2D eigenvalue weighted by atomic mass is 32.2. The highest BCUT2D eigenvalue weighted by molar-refractivity contribution is 7.99. The number of carbonyl (C=O) groups is 3. The fraction of sp³-hybridized carbons (Fsp3) is 0.647. The first-order chi connectivity index (χ1) is 12.5. The van der Waals surface area contributed by atoms with Crippen molar-refractivity contribution in [2.24, 2.45) is 0 Å². The highest BCUT2D eigenvalue weighted by Gasteiger charge is 2.43. The van der Waals surface area contributed by atoms with E-state index >= 15 is 0 Å². The number of carboxylic acid groups (broad SMARTS) is 1. The lowest BCUT2D eigenvalue weighted by atomic mass is 9.95. The van der Waals surface area contributed by atoms with Gasteiger partial charge in [0, 0.05) is 18.0 Å². The van der Waals surface area contributed by atoms with Gasteiger partial charge in [0.15, 0.2) is 0 Å². The number of hydrogen-bond donors (Lipinski definition) is 3. The molecule has 0 bridgehead atoms. The van der Waals surface area contributed by atoms with Gasteiger partial charge in [0.25, 0.3) is 5.91 Å². The van der Waals surface area contributed by atoms with E-state index in [2.05, 4.69) is 15.7 Å². The van der Waals surface area contributed by atoms with Crippen LogP contribution in [0.15, 0.2) is 12.4 Å². The predicted molar refractivity (Wildman–Crippen MR) is 97.0 cm³/mol. The van der Waals surface area contributed by atoms with Crippen LogP contribution in [0.1, 0.15) is 48.9 Å². The van der Waals surface area contributed by atoms with Crippen LogP contribution in [0.4, 0.5) is 0 Å². The van der Waals surface area contributed by atoms with Crippen LogP contribution in [0.2, 0.25) is 0 Å². The van der Waals surface area contributed by atoms with Crippen molar-refractivity contribution in [3.63, 3.8) is 0 Å². The van der Waals surface area contributed by atoms with Gasteiger partial charge in [0.05, 0.1) is 11.8 Å². The molecule has 1 aliphatic heterocycles. The molecule has 9 heteroatoms. The Morgan fingerprint density at radius 1 is 1.31 bits per heavy atom. The third-order valence-corrected chi connectivity index (χ3v) is 6.14. The molecule has 1 aliphatic carbocycles. The SMILES string of the molecule is O=C(Cn1cc(C(=O)NC2(C(=O)O)CCSC2)cn1)NC1CCCCC1. The molecular formula is C17H24N4O4S. The average molecular weight is 380 g/mol. The Bertz CT molecular complexity index is 678. The summed E-state index contributed by atoms with van der Waals surface area (Å²) in [5, 5.41) is 19.1. The van der Waals surface area contributed by atoms with Gasteiger partial charge in [-0.25, -0.2) is 4.79 Å². The standard InChI is InChI=1S/C17H24N4O4S/c22-14(19-13-4-2-1-3-5-13)10-21-9-12(8-18-21)15(23)20-17(16(24)25)6-7-26-11-17/h8-9,13H,1-7,10-11H2,(H,19,22)(H,20,23)(H,24,25).